The molecule has 2 aliphatic heterocycles. The number of hydrogen-bond acceptors (Lipinski definition) is 5. The molecule has 6 nitrogen and oxygen atoms in total. The number of piperidine rings is 1. The number of carbonyl (C=O) groups is 1. The molecule has 1 amide bonds. The minimum absolute atomic E-state index is 0.0662. The molecule has 0 aliphatic carbocycles. The number of nitrogens with one attached hydrogen (secondary N) is 2. The zero-order valence-electron chi connectivity index (χ0n) is 15.5. The van der Waals surface area contributed by atoms with E-state index in [-0.39, 0.29) is 36.4 Å². The smallest absolute Gasteiger partial charge is 0.444 e. The van der Waals surface area contributed by atoms with Gasteiger partial charge in [0.15, 0.2) is 0 Å². The summed E-state index contributed by atoms with van der Waals surface area (Å²) in [6.45, 7) is 14.6. The number of ether oxygens (including phenoxy) is 1. The zero-order valence-corrected chi connectivity index (χ0v) is 15.5. The summed E-state index contributed by atoms with van der Waals surface area (Å²) in [5, 5.41) is 6.21. The summed E-state index contributed by atoms with van der Waals surface area (Å²) < 4.78 is 17.5. The van der Waals surface area contributed by atoms with Gasteiger partial charge in [-0.1, -0.05) is 0 Å². The average molecular weight is 326 g/mol. The van der Waals surface area contributed by atoms with Crippen molar-refractivity contribution in [2.45, 2.75) is 90.1 Å². The third-order valence-corrected chi connectivity index (χ3v) is 4.80. The molecule has 2 N–H and O–H groups in total. The van der Waals surface area contributed by atoms with Gasteiger partial charge >= 0.3 is 13.2 Å². The molecule has 0 aromatic carbocycles. The highest BCUT2D eigenvalue weighted by atomic mass is 16.7. The van der Waals surface area contributed by atoms with Crippen molar-refractivity contribution in [2.75, 3.05) is 6.54 Å². The van der Waals surface area contributed by atoms with Crippen LogP contribution in [0.5, 0.6) is 0 Å². The van der Waals surface area contributed by atoms with Gasteiger partial charge in [0.2, 0.25) is 0 Å². The molecular formula is C16H31BN2O4. The number of hydrogen-bond donors (Lipinski definition) is 2. The SMILES string of the molecule is CC(C)(C)OC(=O)N[C@@H]1CC[C@H](B2OC(C)(C)C(C)(C)O2)CN1. The lowest BCUT2D eigenvalue weighted by atomic mass is 9.68. The largest absolute Gasteiger partial charge is 0.462 e. The molecule has 2 fully saturated rings. The van der Waals surface area contributed by atoms with Crippen molar-refractivity contribution in [3.8, 4) is 0 Å². The Morgan fingerprint density at radius 3 is 2.17 bits per heavy atom. The second kappa shape index (κ2) is 6.26. The van der Waals surface area contributed by atoms with Crippen molar-refractivity contribution < 1.29 is 18.8 Å². The molecule has 2 aliphatic rings. The van der Waals surface area contributed by atoms with Crippen molar-refractivity contribution in [3.05, 3.63) is 0 Å². The van der Waals surface area contributed by atoms with Gasteiger partial charge in [-0.3, -0.25) is 5.32 Å². The van der Waals surface area contributed by atoms with Crippen LogP contribution < -0.4 is 10.6 Å². The maximum atomic E-state index is 11.8. The van der Waals surface area contributed by atoms with E-state index in [9.17, 15) is 4.79 Å². The number of alkyl carbamates (subject to hydrolysis) is 1. The van der Waals surface area contributed by atoms with E-state index < -0.39 is 5.60 Å². The fraction of sp³-hybridized carbons (Fsp3) is 0.938. The van der Waals surface area contributed by atoms with Gasteiger partial charge in [0.1, 0.15) is 5.60 Å². The molecule has 0 saturated carbocycles. The van der Waals surface area contributed by atoms with E-state index in [1.54, 1.807) is 0 Å². The van der Waals surface area contributed by atoms with Crippen LogP contribution in [0.1, 0.15) is 61.3 Å². The predicted molar refractivity (Wildman–Crippen MR) is 90.2 cm³/mol. The topological polar surface area (TPSA) is 68.8 Å². The lowest BCUT2D eigenvalue weighted by Gasteiger charge is -2.32. The normalized spacial score (nSPS) is 30.1. The summed E-state index contributed by atoms with van der Waals surface area (Å²) in [6, 6.07) is 0. The average Bonchev–Trinajstić information content (AvgIpc) is 2.56. The van der Waals surface area contributed by atoms with E-state index in [2.05, 4.69) is 38.3 Å². The highest BCUT2D eigenvalue weighted by Crippen LogP contribution is 2.41. The molecule has 0 aromatic rings. The fourth-order valence-electron chi connectivity index (χ4n) is 2.76. The Morgan fingerprint density at radius 2 is 1.74 bits per heavy atom. The second-order valence-electron chi connectivity index (χ2n) is 8.57. The van der Waals surface area contributed by atoms with Gasteiger partial charge in [0, 0.05) is 5.82 Å². The van der Waals surface area contributed by atoms with Gasteiger partial charge in [-0.25, -0.2) is 4.79 Å². The summed E-state index contributed by atoms with van der Waals surface area (Å²) in [5.41, 5.74) is -1.09. The lowest BCUT2D eigenvalue weighted by molar-refractivity contribution is 0.00578. The van der Waals surface area contributed by atoms with Gasteiger partial charge in [0.25, 0.3) is 0 Å². The zero-order chi connectivity index (χ0) is 17.5. The number of carbonyl (C=O) groups excluding carboxylic acids is 1. The molecule has 0 radical (unpaired) electrons. The molecule has 0 unspecified atom stereocenters. The van der Waals surface area contributed by atoms with Crippen LogP contribution in [0.25, 0.3) is 0 Å². The third-order valence-electron chi connectivity index (χ3n) is 4.80. The first kappa shape index (κ1) is 18.6. The molecule has 0 aromatic heterocycles. The highest BCUT2D eigenvalue weighted by Gasteiger charge is 2.53. The third kappa shape index (κ3) is 4.61. The van der Waals surface area contributed by atoms with Crippen molar-refractivity contribution in [3.63, 3.8) is 0 Å². The summed E-state index contributed by atoms with van der Waals surface area (Å²) >= 11 is 0. The van der Waals surface area contributed by atoms with E-state index in [0.717, 1.165) is 19.4 Å². The number of amides is 1. The van der Waals surface area contributed by atoms with Gasteiger partial charge in [-0.2, -0.15) is 0 Å². The molecule has 0 spiro atoms. The van der Waals surface area contributed by atoms with Crippen molar-refractivity contribution in [1.29, 1.82) is 0 Å². The molecule has 2 heterocycles. The Morgan fingerprint density at radius 1 is 1.17 bits per heavy atom. The molecule has 2 rings (SSSR count). The van der Waals surface area contributed by atoms with Gasteiger partial charge in [0.05, 0.1) is 17.4 Å². The quantitative estimate of drug-likeness (QED) is 0.764. The van der Waals surface area contributed by atoms with E-state index in [4.69, 9.17) is 14.0 Å². The molecule has 7 heteroatoms. The second-order valence-corrected chi connectivity index (χ2v) is 8.57. The van der Waals surface area contributed by atoms with Crippen LogP contribution >= 0.6 is 0 Å². The summed E-state index contributed by atoms with van der Waals surface area (Å²) in [6.07, 6.45) is 1.31. The van der Waals surface area contributed by atoms with Crippen LogP contribution in [0.3, 0.4) is 0 Å². The van der Waals surface area contributed by atoms with E-state index in [1.807, 2.05) is 20.8 Å². The Labute approximate surface area is 140 Å². The van der Waals surface area contributed by atoms with Gasteiger partial charge < -0.3 is 19.4 Å². The molecular weight excluding hydrogens is 295 g/mol. The lowest BCUT2D eigenvalue weighted by Crippen LogP contribution is -2.52. The minimum atomic E-state index is -0.482. The van der Waals surface area contributed by atoms with Crippen LogP contribution in [0.2, 0.25) is 5.82 Å². The first-order valence-electron chi connectivity index (χ1n) is 8.48. The van der Waals surface area contributed by atoms with Crippen molar-refractivity contribution in [2.24, 2.45) is 0 Å². The van der Waals surface area contributed by atoms with Crippen LogP contribution in [0, 0.1) is 0 Å². The predicted octanol–water partition coefficient (Wildman–Crippen LogP) is 2.68. The highest BCUT2D eigenvalue weighted by molar-refractivity contribution is 6.47. The molecule has 2 atom stereocenters. The van der Waals surface area contributed by atoms with E-state index in [0.29, 0.717) is 0 Å². The molecule has 0 bridgehead atoms. The standard InChI is InChI=1S/C16H31BN2O4/c1-14(2,3)21-13(20)19-12-9-8-11(10-18-12)17-22-15(4,5)16(6,7)23-17/h11-12,18H,8-10H2,1-7H3,(H,19,20)/t11-,12+/m0/s1. The van der Waals surface area contributed by atoms with Crippen LogP contribution in [-0.4, -0.2) is 42.7 Å². The fourth-order valence-corrected chi connectivity index (χ4v) is 2.76. The first-order chi connectivity index (χ1) is 10.4. The molecule has 23 heavy (non-hydrogen) atoms. The Kier molecular flexibility index (Phi) is 5.05. The van der Waals surface area contributed by atoms with Crippen LogP contribution in [0.4, 0.5) is 4.79 Å². The van der Waals surface area contributed by atoms with E-state index >= 15 is 0 Å². The summed E-state index contributed by atoms with van der Waals surface area (Å²) in [7, 11) is -0.199. The van der Waals surface area contributed by atoms with Crippen molar-refractivity contribution in [1.82, 2.24) is 10.6 Å². The number of rotatable bonds is 2. The molecule has 132 valence electrons. The monoisotopic (exact) mass is 326 g/mol. The summed E-state index contributed by atoms with van der Waals surface area (Å²) in [4.78, 5) is 11.8. The first-order valence-corrected chi connectivity index (χ1v) is 8.48. The Balaban J connectivity index is 1.80. The maximum Gasteiger partial charge on any atom is 0.462 e. The maximum absolute atomic E-state index is 11.8. The Hall–Kier alpha value is -0.785. The Bertz CT molecular complexity index is 424. The van der Waals surface area contributed by atoms with Crippen LogP contribution in [-0.2, 0) is 14.0 Å². The van der Waals surface area contributed by atoms with Crippen LogP contribution in [0.15, 0.2) is 0 Å². The van der Waals surface area contributed by atoms with Gasteiger partial charge in [-0.05, 0) is 67.9 Å². The van der Waals surface area contributed by atoms with Gasteiger partial charge in [-0.15, -0.1) is 0 Å². The van der Waals surface area contributed by atoms with E-state index in [1.165, 1.54) is 0 Å². The molecule has 2 saturated heterocycles. The summed E-state index contributed by atoms with van der Waals surface area (Å²) in [5.74, 6) is 0.285. The van der Waals surface area contributed by atoms with Crippen molar-refractivity contribution >= 4 is 13.2 Å². The minimum Gasteiger partial charge on any atom is -0.444 e.